The highest BCUT2D eigenvalue weighted by Crippen LogP contribution is 2.41. The summed E-state index contributed by atoms with van der Waals surface area (Å²) in [5.74, 6) is 0.0414. The fourth-order valence-electron chi connectivity index (χ4n) is 4.08. The number of carbonyl (C=O) groups excluding carboxylic acids is 1. The van der Waals surface area contributed by atoms with Crippen LogP contribution in [0.1, 0.15) is 72.0 Å². The molecule has 32 heavy (non-hydrogen) atoms. The smallest absolute Gasteiger partial charge is 0.326 e. The second kappa shape index (κ2) is 8.73. The molecule has 7 heteroatoms. The minimum absolute atomic E-state index is 0.148. The Bertz CT molecular complexity index is 1160. The summed E-state index contributed by atoms with van der Waals surface area (Å²) < 4.78 is 2.20. The van der Waals surface area contributed by atoms with Crippen molar-refractivity contribution in [3.8, 4) is 0 Å². The van der Waals surface area contributed by atoms with E-state index in [1.165, 1.54) is 0 Å². The van der Waals surface area contributed by atoms with Crippen LogP contribution in [0.2, 0.25) is 0 Å². The zero-order valence-corrected chi connectivity index (χ0v) is 19.1. The molecule has 2 aromatic heterocycles. The molecule has 1 aromatic carbocycles. The van der Waals surface area contributed by atoms with Gasteiger partial charge in [-0.25, -0.2) is 14.8 Å². The lowest BCUT2D eigenvalue weighted by atomic mass is 9.99. The molecule has 1 amide bonds. The average Bonchev–Trinajstić information content (AvgIpc) is 3.54. The summed E-state index contributed by atoms with van der Waals surface area (Å²) in [5.41, 5.74) is 5.46. The number of fused-ring (bicyclic) bond motifs is 1. The molecular formula is C25H30N4O3. The number of aliphatic carboxylic acids is 1. The standard InChI is InChI=1S/C25H30N4O3/c1-5-14(2)21(25(31)32)28-24(30)19-8-6-17(7-9-19)13-29-22(18-10-11-18)27-20-15(3)12-16(4)26-23(20)29/h6-9,12,14,18,21H,5,10-11,13H2,1-4H3,(H,28,30)(H,31,32)/t14-,21-/m0/s1. The van der Waals surface area contributed by atoms with Gasteiger partial charge in [-0.15, -0.1) is 0 Å². The number of hydrogen-bond donors (Lipinski definition) is 2. The van der Waals surface area contributed by atoms with Gasteiger partial charge in [-0.3, -0.25) is 4.79 Å². The molecule has 168 valence electrons. The van der Waals surface area contributed by atoms with Crippen LogP contribution in [0.25, 0.3) is 11.2 Å². The van der Waals surface area contributed by atoms with Crippen LogP contribution >= 0.6 is 0 Å². The van der Waals surface area contributed by atoms with Gasteiger partial charge in [0.25, 0.3) is 5.91 Å². The summed E-state index contributed by atoms with van der Waals surface area (Å²) in [4.78, 5) is 33.8. The SMILES string of the molecule is CC[C@H](C)[C@H](NC(=O)c1ccc(Cn2c(C3CC3)nc3c(C)cc(C)nc32)cc1)C(=O)O. The van der Waals surface area contributed by atoms with Crippen LogP contribution in [0.15, 0.2) is 30.3 Å². The van der Waals surface area contributed by atoms with Gasteiger partial charge in [0, 0.05) is 17.2 Å². The molecule has 0 unspecified atom stereocenters. The normalized spacial score (nSPS) is 15.5. The van der Waals surface area contributed by atoms with E-state index in [1.807, 2.05) is 32.9 Å². The zero-order chi connectivity index (χ0) is 23.0. The number of benzene rings is 1. The van der Waals surface area contributed by atoms with E-state index in [0.717, 1.165) is 46.7 Å². The Morgan fingerprint density at radius 1 is 1.19 bits per heavy atom. The van der Waals surface area contributed by atoms with Gasteiger partial charge in [-0.1, -0.05) is 32.4 Å². The Morgan fingerprint density at radius 3 is 2.47 bits per heavy atom. The monoisotopic (exact) mass is 434 g/mol. The van der Waals surface area contributed by atoms with Gasteiger partial charge in [0.2, 0.25) is 0 Å². The molecule has 0 aliphatic heterocycles. The minimum Gasteiger partial charge on any atom is -0.480 e. The molecule has 4 rings (SSSR count). The Kier molecular flexibility index (Phi) is 6.00. The number of imidazole rings is 1. The van der Waals surface area contributed by atoms with Gasteiger partial charge in [-0.2, -0.15) is 0 Å². The van der Waals surface area contributed by atoms with Crippen molar-refractivity contribution in [1.82, 2.24) is 19.9 Å². The highest BCUT2D eigenvalue weighted by Gasteiger charge is 2.30. The predicted molar refractivity (Wildman–Crippen MR) is 123 cm³/mol. The third-order valence-corrected chi connectivity index (χ3v) is 6.32. The van der Waals surface area contributed by atoms with Crippen molar-refractivity contribution >= 4 is 23.0 Å². The van der Waals surface area contributed by atoms with E-state index in [9.17, 15) is 14.7 Å². The number of carboxylic acids is 1. The van der Waals surface area contributed by atoms with E-state index in [-0.39, 0.29) is 11.8 Å². The van der Waals surface area contributed by atoms with Crippen LogP contribution in [0, 0.1) is 19.8 Å². The Labute approximate surface area is 187 Å². The third-order valence-electron chi connectivity index (χ3n) is 6.32. The van der Waals surface area contributed by atoms with Gasteiger partial charge in [0.05, 0.1) is 6.54 Å². The van der Waals surface area contributed by atoms with Crippen molar-refractivity contribution in [2.24, 2.45) is 5.92 Å². The second-order valence-electron chi connectivity index (χ2n) is 8.95. The first-order chi connectivity index (χ1) is 15.3. The molecule has 1 aliphatic carbocycles. The topological polar surface area (TPSA) is 97.1 Å². The van der Waals surface area contributed by atoms with E-state index < -0.39 is 12.0 Å². The molecule has 7 nitrogen and oxygen atoms in total. The average molecular weight is 435 g/mol. The van der Waals surface area contributed by atoms with Gasteiger partial charge in [0.15, 0.2) is 5.65 Å². The first-order valence-electron chi connectivity index (χ1n) is 11.3. The van der Waals surface area contributed by atoms with Gasteiger partial charge >= 0.3 is 5.97 Å². The van der Waals surface area contributed by atoms with E-state index in [1.54, 1.807) is 12.1 Å². The Hall–Kier alpha value is -3.22. The summed E-state index contributed by atoms with van der Waals surface area (Å²) >= 11 is 0. The van der Waals surface area contributed by atoms with Gasteiger partial charge < -0.3 is 15.0 Å². The van der Waals surface area contributed by atoms with Crippen molar-refractivity contribution in [1.29, 1.82) is 0 Å². The number of nitrogens with one attached hydrogen (secondary N) is 1. The zero-order valence-electron chi connectivity index (χ0n) is 19.1. The van der Waals surface area contributed by atoms with Crippen molar-refractivity contribution in [2.45, 2.75) is 65.5 Å². The number of carbonyl (C=O) groups is 2. The fraction of sp³-hybridized carbons (Fsp3) is 0.440. The molecular weight excluding hydrogens is 404 g/mol. The summed E-state index contributed by atoms with van der Waals surface area (Å²) in [7, 11) is 0. The lowest BCUT2D eigenvalue weighted by Crippen LogP contribution is -2.45. The van der Waals surface area contributed by atoms with E-state index >= 15 is 0 Å². The maximum absolute atomic E-state index is 12.6. The van der Waals surface area contributed by atoms with Crippen LogP contribution in [-0.4, -0.2) is 37.6 Å². The maximum Gasteiger partial charge on any atom is 0.326 e. The predicted octanol–water partition coefficient (Wildman–Crippen LogP) is 4.20. The van der Waals surface area contributed by atoms with E-state index in [4.69, 9.17) is 9.97 Å². The van der Waals surface area contributed by atoms with Crippen molar-refractivity contribution in [3.05, 3.63) is 58.5 Å². The third kappa shape index (κ3) is 4.38. The Morgan fingerprint density at radius 2 is 1.88 bits per heavy atom. The van der Waals surface area contributed by atoms with Crippen LogP contribution < -0.4 is 5.32 Å². The first kappa shape index (κ1) is 22.0. The number of amides is 1. The number of nitrogens with zero attached hydrogens (tertiary/aromatic N) is 3. The quantitative estimate of drug-likeness (QED) is 0.554. The molecule has 1 aliphatic rings. The van der Waals surface area contributed by atoms with Crippen molar-refractivity contribution in [2.75, 3.05) is 0 Å². The summed E-state index contributed by atoms with van der Waals surface area (Å²) in [6.45, 7) is 8.44. The molecule has 0 saturated heterocycles. The fourth-order valence-corrected chi connectivity index (χ4v) is 4.08. The summed E-state index contributed by atoms with van der Waals surface area (Å²) in [6.07, 6.45) is 2.98. The van der Waals surface area contributed by atoms with Crippen LogP contribution in [0.3, 0.4) is 0 Å². The van der Waals surface area contributed by atoms with Crippen LogP contribution in [0.4, 0.5) is 0 Å². The lowest BCUT2D eigenvalue weighted by molar-refractivity contribution is -0.140. The first-order valence-corrected chi connectivity index (χ1v) is 11.3. The number of aromatic nitrogens is 3. The molecule has 2 heterocycles. The van der Waals surface area contributed by atoms with Gasteiger partial charge in [-0.05, 0) is 61.9 Å². The highest BCUT2D eigenvalue weighted by molar-refractivity contribution is 5.96. The number of aryl methyl sites for hydroxylation is 2. The molecule has 0 bridgehead atoms. The second-order valence-corrected chi connectivity index (χ2v) is 8.95. The molecule has 1 saturated carbocycles. The van der Waals surface area contributed by atoms with Gasteiger partial charge in [0.1, 0.15) is 17.4 Å². The lowest BCUT2D eigenvalue weighted by Gasteiger charge is -2.20. The number of carboxylic acid groups (broad SMARTS) is 1. The van der Waals surface area contributed by atoms with E-state index in [2.05, 4.69) is 22.9 Å². The number of hydrogen-bond acceptors (Lipinski definition) is 4. The largest absolute Gasteiger partial charge is 0.480 e. The van der Waals surface area contributed by atoms with Crippen LogP contribution in [-0.2, 0) is 11.3 Å². The molecule has 2 N–H and O–H groups in total. The van der Waals surface area contributed by atoms with Crippen LogP contribution in [0.5, 0.6) is 0 Å². The molecule has 1 fully saturated rings. The summed E-state index contributed by atoms with van der Waals surface area (Å²) in [5, 5.41) is 12.1. The highest BCUT2D eigenvalue weighted by atomic mass is 16.4. The minimum atomic E-state index is -1.01. The molecule has 3 aromatic rings. The number of rotatable bonds is 8. The maximum atomic E-state index is 12.6. The summed E-state index contributed by atoms with van der Waals surface area (Å²) in [6, 6.07) is 8.49. The molecule has 0 radical (unpaired) electrons. The molecule has 2 atom stereocenters. The molecule has 0 spiro atoms. The number of pyridine rings is 1. The van der Waals surface area contributed by atoms with Crippen molar-refractivity contribution in [3.63, 3.8) is 0 Å². The van der Waals surface area contributed by atoms with E-state index in [0.29, 0.717) is 24.4 Å². The Balaban J connectivity index is 1.57. The van der Waals surface area contributed by atoms with Crippen molar-refractivity contribution < 1.29 is 14.7 Å².